The minimum atomic E-state index is -4.43. The predicted molar refractivity (Wildman–Crippen MR) is 104 cm³/mol. The van der Waals surface area contributed by atoms with E-state index in [1.165, 1.54) is 28.8 Å². The largest absolute Gasteiger partial charge is 0.287 e. The molecule has 4 rings (SSSR count). The second kappa shape index (κ2) is 7.01. The predicted octanol–water partition coefficient (Wildman–Crippen LogP) is 3.70. The van der Waals surface area contributed by atoms with E-state index < -0.39 is 32.6 Å². The molecule has 0 aliphatic carbocycles. The minimum absolute atomic E-state index is 0.00860. The second-order valence-corrected chi connectivity index (χ2v) is 8.74. The zero-order chi connectivity index (χ0) is 20.9. The summed E-state index contributed by atoms with van der Waals surface area (Å²) in [4.78, 5) is 20.3. The number of halogens is 4. The number of amides is 1. The van der Waals surface area contributed by atoms with Crippen LogP contribution in [-0.2, 0) is 10.0 Å². The molecule has 0 fully saturated rings. The van der Waals surface area contributed by atoms with Crippen LogP contribution >= 0.6 is 27.5 Å². The monoisotopic (exact) mass is 500 g/mol. The molecule has 1 N–H and O–H groups in total. The molecule has 0 unspecified atom stereocenters. The van der Waals surface area contributed by atoms with Crippen LogP contribution in [0.15, 0.2) is 52.1 Å². The first-order valence-corrected chi connectivity index (χ1v) is 10.5. The molecular formula is C17H8BrClF2N4O3S. The normalized spacial score (nSPS) is 11.9. The highest BCUT2D eigenvalue weighted by atomic mass is 79.9. The molecule has 0 radical (unpaired) electrons. The van der Waals surface area contributed by atoms with Gasteiger partial charge in [0.05, 0.1) is 5.52 Å². The van der Waals surface area contributed by atoms with Crippen molar-refractivity contribution in [3.63, 3.8) is 0 Å². The standard InChI is InChI=1S/C17H8BrClF2N4O3S/c18-9-2-4-14-23-15(19)17(25(14)7-9)29(27,28)24-16(26)12-3-1-8-5-10(20)11(21)6-13(8)22-12/h1-7H,(H,24,26). The van der Waals surface area contributed by atoms with Gasteiger partial charge in [-0.3, -0.25) is 9.20 Å². The van der Waals surface area contributed by atoms with E-state index in [9.17, 15) is 22.0 Å². The highest BCUT2D eigenvalue weighted by Crippen LogP contribution is 2.25. The van der Waals surface area contributed by atoms with E-state index in [-0.39, 0.29) is 27.4 Å². The summed E-state index contributed by atoms with van der Waals surface area (Å²) in [6.07, 6.45) is 1.43. The van der Waals surface area contributed by atoms with Gasteiger partial charge in [-0.25, -0.2) is 23.5 Å². The number of pyridine rings is 2. The van der Waals surface area contributed by atoms with Crippen LogP contribution in [0, 0.1) is 11.6 Å². The summed E-state index contributed by atoms with van der Waals surface area (Å²) >= 11 is 9.20. The zero-order valence-corrected chi connectivity index (χ0v) is 17.2. The lowest BCUT2D eigenvalue weighted by molar-refractivity contribution is 0.0977. The SMILES string of the molecule is O=C(NS(=O)(=O)c1c(Cl)nc2ccc(Br)cn12)c1ccc2cc(F)c(F)cc2n1. The van der Waals surface area contributed by atoms with Crippen molar-refractivity contribution in [3.05, 3.63) is 69.5 Å². The molecule has 0 bridgehead atoms. The summed E-state index contributed by atoms with van der Waals surface area (Å²) in [6.45, 7) is 0. The number of carbonyl (C=O) groups is 1. The van der Waals surface area contributed by atoms with Crippen molar-refractivity contribution in [1.29, 1.82) is 0 Å². The van der Waals surface area contributed by atoms with Crippen LogP contribution in [0.1, 0.15) is 10.5 Å². The molecule has 0 spiro atoms. The molecule has 12 heteroatoms. The Labute approximate surface area is 175 Å². The molecule has 4 aromatic rings. The first-order chi connectivity index (χ1) is 13.7. The lowest BCUT2D eigenvalue weighted by Gasteiger charge is -2.08. The number of hydrogen-bond acceptors (Lipinski definition) is 5. The number of nitrogens with zero attached hydrogens (tertiary/aromatic N) is 3. The lowest BCUT2D eigenvalue weighted by atomic mass is 10.2. The maximum absolute atomic E-state index is 13.4. The number of nitrogens with one attached hydrogen (secondary N) is 1. The Morgan fingerprint density at radius 3 is 2.59 bits per heavy atom. The van der Waals surface area contributed by atoms with Crippen molar-refractivity contribution >= 4 is 60.0 Å². The van der Waals surface area contributed by atoms with Crippen molar-refractivity contribution in [3.8, 4) is 0 Å². The van der Waals surface area contributed by atoms with Gasteiger partial charge in [-0.05, 0) is 40.2 Å². The molecule has 0 aliphatic rings. The molecule has 0 atom stereocenters. The van der Waals surface area contributed by atoms with E-state index in [2.05, 4.69) is 25.9 Å². The Bertz CT molecular complexity index is 1430. The van der Waals surface area contributed by atoms with Gasteiger partial charge in [-0.2, -0.15) is 8.42 Å². The lowest BCUT2D eigenvalue weighted by Crippen LogP contribution is -2.32. The first kappa shape index (κ1) is 19.7. The summed E-state index contributed by atoms with van der Waals surface area (Å²) in [7, 11) is -4.43. The summed E-state index contributed by atoms with van der Waals surface area (Å²) in [5.41, 5.74) is -0.0590. The molecule has 7 nitrogen and oxygen atoms in total. The number of carbonyl (C=O) groups excluding carboxylic acids is 1. The number of benzene rings is 1. The average Bonchev–Trinajstić information content (AvgIpc) is 2.97. The number of imidazole rings is 1. The van der Waals surface area contributed by atoms with E-state index >= 15 is 0 Å². The minimum Gasteiger partial charge on any atom is -0.287 e. The maximum Gasteiger partial charge on any atom is 0.283 e. The van der Waals surface area contributed by atoms with Crippen LogP contribution in [0.3, 0.4) is 0 Å². The van der Waals surface area contributed by atoms with Crippen LogP contribution in [0.25, 0.3) is 16.6 Å². The van der Waals surface area contributed by atoms with Crippen LogP contribution < -0.4 is 4.72 Å². The van der Waals surface area contributed by atoms with E-state index in [1.807, 2.05) is 4.72 Å². The molecule has 29 heavy (non-hydrogen) atoms. The molecular weight excluding hydrogens is 494 g/mol. The maximum atomic E-state index is 13.4. The Balaban J connectivity index is 1.73. The van der Waals surface area contributed by atoms with E-state index in [0.29, 0.717) is 4.47 Å². The quantitative estimate of drug-likeness (QED) is 0.462. The van der Waals surface area contributed by atoms with Crippen molar-refractivity contribution in [2.75, 3.05) is 0 Å². The Kier molecular flexibility index (Phi) is 4.75. The smallest absolute Gasteiger partial charge is 0.283 e. The topological polar surface area (TPSA) is 93.4 Å². The number of sulfonamides is 1. The molecule has 1 amide bonds. The Hall–Kier alpha value is -2.63. The third kappa shape index (κ3) is 3.56. The van der Waals surface area contributed by atoms with E-state index in [4.69, 9.17) is 11.6 Å². The summed E-state index contributed by atoms with van der Waals surface area (Å²) in [5, 5.41) is -0.511. The fourth-order valence-electron chi connectivity index (χ4n) is 2.68. The van der Waals surface area contributed by atoms with Crippen molar-refractivity contribution in [2.45, 2.75) is 5.03 Å². The van der Waals surface area contributed by atoms with Crippen molar-refractivity contribution in [2.24, 2.45) is 0 Å². The summed E-state index contributed by atoms with van der Waals surface area (Å²) in [5.74, 6) is -3.27. The molecule has 0 aliphatic heterocycles. The number of hydrogen-bond donors (Lipinski definition) is 1. The molecule has 3 heterocycles. The Morgan fingerprint density at radius 2 is 1.83 bits per heavy atom. The van der Waals surface area contributed by atoms with Gasteiger partial charge in [0.25, 0.3) is 15.9 Å². The van der Waals surface area contributed by atoms with Gasteiger partial charge < -0.3 is 0 Å². The van der Waals surface area contributed by atoms with E-state index in [0.717, 1.165) is 12.1 Å². The van der Waals surface area contributed by atoms with Crippen LogP contribution in [0.5, 0.6) is 0 Å². The van der Waals surface area contributed by atoms with Crippen molar-refractivity contribution < 1.29 is 22.0 Å². The van der Waals surface area contributed by atoms with Crippen LogP contribution in [0.2, 0.25) is 5.15 Å². The van der Waals surface area contributed by atoms with Crippen LogP contribution in [-0.4, -0.2) is 28.7 Å². The fraction of sp³-hybridized carbons (Fsp3) is 0. The second-order valence-electron chi connectivity index (χ2n) is 5.87. The fourth-order valence-corrected chi connectivity index (χ4v) is 4.61. The first-order valence-electron chi connectivity index (χ1n) is 7.82. The average molecular weight is 502 g/mol. The summed E-state index contributed by atoms with van der Waals surface area (Å²) in [6, 6.07) is 7.44. The zero-order valence-electron chi connectivity index (χ0n) is 14.0. The third-order valence-electron chi connectivity index (χ3n) is 3.94. The molecule has 0 saturated heterocycles. The van der Waals surface area contributed by atoms with Gasteiger partial charge in [-0.15, -0.1) is 0 Å². The van der Waals surface area contributed by atoms with Gasteiger partial charge in [-0.1, -0.05) is 17.7 Å². The van der Waals surface area contributed by atoms with Gasteiger partial charge in [0.1, 0.15) is 11.3 Å². The number of aromatic nitrogens is 3. The molecule has 3 aromatic heterocycles. The summed E-state index contributed by atoms with van der Waals surface area (Å²) < 4.78 is 55.9. The van der Waals surface area contributed by atoms with Gasteiger partial charge in [0.2, 0.25) is 0 Å². The molecule has 1 aromatic carbocycles. The number of fused-ring (bicyclic) bond motifs is 2. The van der Waals surface area contributed by atoms with Crippen LogP contribution in [0.4, 0.5) is 8.78 Å². The third-order valence-corrected chi connectivity index (χ3v) is 6.14. The molecule has 148 valence electrons. The van der Waals surface area contributed by atoms with Gasteiger partial charge >= 0.3 is 0 Å². The van der Waals surface area contributed by atoms with Gasteiger partial charge in [0.15, 0.2) is 21.8 Å². The van der Waals surface area contributed by atoms with Crippen molar-refractivity contribution in [1.82, 2.24) is 19.1 Å². The Morgan fingerprint density at radius 1 is 1.10 bits per heavy atom. The number of rotatable bonds is 3. The van der Waals surface area contributed by atoms with E-state index in [1.54, 1.807) is 6.07 Å². The van der Waals surface area contributed by atoms with Gasteiger partial charge in [0, 0.05) is 22.1 Å². The molecule has 0 saturated carbocycles. The highest BCUT2D eigenvalue weighted by Gasteiger charge is 2.27. The highest BCUT2D eigenvalue weighted by molar-refractivity contribution is 9.10.